The van der Waals surface area contributed by atoms with Crippen molar-refractivity contribution in [3.8, 4) is 0 Å². The molecule has 0 radical (unpaired) electrons. The molecule has 3 rings (SSSR count). The highest BCUT2D eigenvalue weighted by Crippen LogP contribution is 2.37. The molecule has 2 fully saturated rings. The van der Waals surface area contributed by atoms with Crippen LogP contribution in [-0.4, -0.2) is 39.6 Å². The maximum Gasteiger partial charge on any atom is 0.160 e. The van der Waals surface area contributed by atoms with Crippen LogP contribution in [0.15, 0.2) is 0 Å². The van der Waals surface area contributed by atoms with E-state index in [1.165, 1.54) is 0 Å². The van der Waals surface area contributed by atoms with Gasteiger partial charge in [0.05, 0.1) is 11.4 Å². The van der Waals surface area contributed by atoms with E-state index in [0.29, 0.717) is 24.7 Å². The molecule has 2 aliphatic carbocycles. The second-order valence-electron chi connectivity index (χ2n) is 6.58. The molecule has 0 amide bonds. The smallest absolute Gasteiger partial charge is 0.160 e. The van der Waals surface area contributed by atoms with E-state index in [1.54, 1.807) is 0 Å². The second kappa shape index (κ2) is 5.35. The van der Waals surface area contributed by atoms with Gasteiger partial charge in [0.2, 0.25) is 0 Å². The Bertz CT molecular complexity index is 613. The minimum Gasteiger partial charge on any atom is -0.389 e. The normalized spacial score (nSPS) is 22.4. The van der Waals surface area contributed by atoms with Crippen LogP contribution in [0.25, 0.3) is 0 Å². The maximum atomic E-state index is 12.4. The summed E-state index contributed by atoms with van der Waals surface area (Å²) >= 11 is 0. The van der Waals surface area contributed by atoms with Gasteiger partial charge in [-0.05, 0) is 32.6 Å². The Balaban J connectivity index is 1.74. The summed E-state index contributed by atoms with van der Waals surface area (Å²) in [5.41, 5.74) is -1.05. The number of rotatable bonds is 5. The SMILES string of the molecule is Cc1nnc(CS(=O)(=O)CC2(O)CCCCC2)n1C1CC1. The van der Waals surface area contributed by atoms with Crippen LogP contribution in [0.1, 0.15) is 62.6 Å². The molecule has 6 nitrogen and oxygen atoms in total. The van der Waals surface area contributed by atoms with E-state index in [1.807, 2.05) is 11.5 Å². The van der Waals surface area contributed by atoms with Gasteiger partial charge in [-0.15, -0.1) is 10.2 Å². The van der Waals surface area contributed by atoms with Crippen LogP contribution in [-0.2, 0) is 15.6 Å². The standard InChI is InChI=1S/C14H23N3O3S/c1-11-15-16-13(17(11)12-5-6-12)9-21(19,20)10-14(18)7-3-2-4-8-14/h12,18H,2-10H2,1H3. The lowest BCUT2D eigenvalue weighted by Gasteiger charge is -2.31. The third kappa shape index (κ3) is 3.45. The minimum atomic E-state index is -3.38. The lowest BCUT2D eigenvalue weighted by atomic mass is 9.86. The second-order valence-corrected chi connectivity index (χ2v) is 8.65. The fourth-order valence-corrected chi connectivity index (χ4v) is 5.13. The first-order valence-electron chi connectivity index (χ1n) is 7.72. The van der Waals surface area contributed by atoms with Crippen molar-refractivity contribution in [2.24, 2.45) is 0 Å². The third-order valence-corrected chi connectivity index (χ3v) is 6.15. The summed E-state index contributed by atoms with van der Waals surface area (Å²) < 4.78 is 26.8. The molecule has 0 spiro atoms. The molecule has 0 aliphatic heterocycles. The molecule has 2 saturated carbocycles. The number of hydrogen-bond donors (Lipinski definition) is 1. The van der Waals surface area contributed by atoms with E-state index in [9.17, 15) is 13.5 Å². The molecular weight excluding hydrogens is 290 g/mol. The molecular formula is C14H23N3O3S. The Morgan fingerprint density at radius 3 is 2.52 bits per heavy atom. The van der Waals surface area contributed by atoms with Crippen molar-refractivity contribution in [3.63, 3.8) is 0 Å². The van der Waals surface area contributed by atoms with Gasteiger partial charge < -0.3 is 9.67 Å². The van der Waals surface area contributed by atoms with Gasteiger partial charge >= 0.3 is 0 Å². The summed E-state index contributed by atoms with van der Waals surface area (Å²) in [5, 5.41) is 18.5. The molecule has 7 heteroatoms. The van der Waals surface area contributed by atoms with Crippen molar-refractivity contribution in [2.45, 2.75) is 69.3 Å². The molecule has 2 aliphatic rings. The van der Waals surface area contributed by atoms with Gasteiger partial charge in [-0.2, -0.15) is 0 Å². The monoisotopic (exact) mass is 313 g/mol. The van der Waals surface area contributed by atoms with Crippen LogP contribution >= 0.6 is 0 Å². The zero-order chi connectivity index (χ0) is 15.1. The molecule has 1 N–H and O–H groups in total. The topological polar surface area (TPSA) is 85.1 Å². The maximum absolute atomic E-state index is 12.4. The largest absolute Gasteiger partial charge is 0.389 e. The van der Waals surface area contributed by atoms with Crippen LogP contribution in [0.2, 0.25) is 0 Å². The van der Waals surface area contributed by atoms with E-state index in [4.69, 9.17) is 0 Å². The molecule has 21 heavy (non-hydrogen) atoms. The number of aromatic nitrogens is 3. The van der Waals surface area contributed by atoms with Gasteiger partial charge in [-0.1, -0.05) is 19.3 Å². The minimum absolute atomic E-state index is 0.118. The van der Waals surface area contributed by atoms with E-state index >= 15 is 0 Å². The fraction of sp³-hybridized carbons (Fsp3) is 0.857. The summed E-state index contributed by atoms with van der Waals surface area (Å²) in [7, 11) is -3.38. The van der Waals surface area contributed by atoms with Gasteiger partial charge in [0.1, 0.15) is 17.4 Å². The molecule has 118 valence electrons. The Labute approximate surface area is 125 Å². The average Bonchev–Trinajstić information content (AvgIpc) is 3.14. The molecule has 0 aromatic carbocycles. The summed E-state index contributed by atoms with van der Waals surface area (Å²) in [5.74, 6) is 1.02. The van der Waals surface area contributed by atoms with E-state index in [-0.39, 0.29) is 11.5 Å². The molecule has 0 bridgehead atoms. The first-order chi connectivity index (χ1) is 9.89. The van der Waals surface area contributed by atoms with Crippen molar-refractivity contribution in [3.05, 3.63) is 11.6 Å². The number of aliphatic hydroxyl groups is 1. The number of hydrogen-bond acceptors (Lipinski definition) is 5. The first-order valence-corrected chi connectivity index (χ1v) is 9.54. The van der Waals surface area contributed by atoms with Crippen LogP contribution in [0, 0.1) is 6.92 Å². The van der Waals surface area contributed by atoms with Crippen LogP contribution < -0.4 is 0 Å². The summed E-state index contributed by atoms with van der Waals surface area (Å²) in [6.07, 6.45) is 6.19. The van der Waals surface area contributed by atoms with Crippen molar-refractivity contribution >= 4 is 9.84 Å². The van der Waals surface area contributed by atoms with Crippen molar-refractivity contribution < 1.29 is 13.5 Å². The Morgan fingerprint density at radius 2 is 1.90 bits per heavy atom. The molecule has 1 heterocycles. The Morgan fingerprint density at radius 1 is 1.24 bits per heavy atom. The highest BCUT2D eigenvalue weighted by molar-refractivity contribution is 7.90. The quantitative estimate of drug-likeness (QED) is 0.891. The van der Waals surface area contributed by atoms with Gasteiger partial charge in [0, 0.05) is 6.04 Å². The number of nitrogens with zero attached hydrogens (tertiary/aromatic N) is 3. The molecule has 1 aromatic rings. The molecule has 0 saturated heterocycles. The zero-order valence-electron chi connectivity index (χ0n) is 12.5. The zero-order valence-corrected chi connectivity index (χ0v) is 13.3. The molecule has 1 aromatic heterocycles. The lowest BCUT2D eigenvalue weighted by molar-refractivity contribution is 0.0257. The van der Waals surface area contributed by atoms with Crippen LogP contribution in [0.3, 0.4) is 0 Å². The average molecular weight is 313 g/mol. The third-order valence-electron chi connectivity index (χ3n) is 4.47. The van der Waals surface area contributed by atoms with Gasteiger partial charge in [-0.25, -0.2) is 8.42 Å². The summed E-state index contributed by atoms with van der Waals surface area (Å²) in [6.45, 7) is 1.86. The van der Waals surface area contributed by atoms with Gasteiger partial charge in [-0.3, -0.25) is 0 Å². The fourth-order valence-electron chi connectivity index (χ4n) is 3.33. The number of sulfone groups is 1. The van der Waals surface area contributed by atoms with E-state index in [2.05, 4.69) is 10.2 Å². The van der Waals surface area contributed by atoms with Gasteiger partial charge in [0.25, 0.3) is 0 Å². The number of aryl methyl sites for hydroxylation is 1. The first kappa shape index (κ1) is 15.0. The predicted molar refractivity (Wildman–Crippen MR) is 78.6 cm³/mol. The summed E-state index contributed by atoms with van der Waals surface area (Å²) in [6, 6.07) is 0.364. The Hall–Kier alpha value is -0.950. The van der Waals surface area contributed by atoms with Crippen molar-refractivity contribution in [1.82, 2.24) is 14.8 Å². The molecule has 0 unspecified atom stereocenters. The van der Waals surface area contributed by atoms with Crippen LogP contribution in [0.4, 0.5) is 0 Å². The van der Waals surface area contributed by atoms with E-state index < -0.39 is 15.4 Å². The van der Waals surface area contributed by atoms with E-state index in [0.717, 1.165) is 37.9 Å². The summed E-state index contributed by atoms with van der Waals surface area (Å²) in [4.78, 5) is 0. The molecule has 0 atom stereocenters. The lowest BCUT2D eigenvalue weighted by Crippen LogP contribution is -2.39. The van der Waals surface area contributed by atoms with Crippen molar-refractivity contribution in [1.29, 1.82) is 0 Å². The predicted octanol–water partition coefficient (Wildman–Crippen LogP) is 1.53. The van der Waals surface area contributed by atoms with Crippen molar-refractivity contribution in [2.75, 3.05) is 5.75 Å². The van der Waals surface area contributed by atoms with Gasteiger partial charge in [0.15, 0.2) is 9.84 Å². The highest BCUT2D eigenvalue weighted by Gasteiger charge is 2.36. The Kier molecular flexibility index (Phi) is 3.81. The van der Waals surface area contributed by atoms with Crippen LogP contribution in [0.5, 0.6) is 0 Å². The highest BCUT2D eigenvalue weighted by atomic mass is 32.2.